The molecule has 2 bridgehead atoms. The molecule has 6 atom stereocenters. The van der Waals surface area contributed by atoms with Gasteiger partial charge in [-0.25, -0.2) is 8.78 Å². The Kier molecular flexibility index (Phi) is 7.86. The lowest BCUT2D eigenvalue weighted by Crippen LogP contribution is -2.71. The Hall–Kier alpha value is -2.98. The van der Waals surface area contributed by atoms with Gasteiger partial charge in [0.1, 0.15) is 18.1 Å². The molecule has 5 fully saturated rings. The van der Waals surface area contributed by atoms with Crippen LogP contribution in [-0.2, 0) is 19.2 Å². The van der Waals surface area contributed by atoms with E-state index in [1.54, 1.807) is 5.32 Å². The number of amides is 4. The minimum absolute atomic E-state index is 0.0504. The molecule has 5 aliphatic rings. The second-order valence-corrected chi connectivity index (χ2v) is 10.8. The molecular weight excluding hydrogens is 517 g/mol. The van der Waals surface area contributed by atoms with Gasteiger partial charge in [-0.05, 0) is 44.4 Å². The Balaban J connectivity index is 1.56. The van der Waals surface area contributed by atoms with Gasteiger partial charge in [0, 0.05) is 24.9 Å². The van der Waals surface area contributed by atoms with Crippen LogP contribution in [0.2, 0.25) is 0 Å². The highest BCUT2D eigenvalue weighted by Crippen LogP contribution is 2.49. The number of halogens is 5. The molecule has 5 rings (SSSR count). The summed E-state index contributed by atoms with van der Waals surface area (Å²) in [4.78, 5) is 51.6. The van der Waals surface area contributed by atoms with E-state index in [0.717, 1.165) is 4.90 Å². The summed E-state index contributed by atoms with van der Waals surface area (Å²) >= 11 is 0. The molecule has 210 valence electrons. The maximum Gasteiger partial charge on any atom is 0.471 e. The molecule has 4 amide bonds. The predicted molar refractivity (Wildman–Crippen MR) is 120 cm³/mol. The highest BCUT2D eigenvalue weighted by molar-refractivity contribution is 5.94. The van der Waals surface area contributed by atoms with E-state index in [1.807, 2.05) is 6.07 Å². The summed E-state index contributed by atoms with van der Waals surface area (Å²) in [6.07, 6.45) is -3.65. The summed E-state index contributed by atoms with van der Waals surface area (Å²) in [5.74, 6) is -10.2. The maximum atomic E-state index is 14.9. The molecule has 0 radical (unpaired) electrons. The summed E-state index contributed by atoms with van der Waals surface area (Å²) in [5, 5.41) is 16.4. The molecule has 0 spiro atoms. The smallest absolute Gasteiger partial charge is 0.356 e. The van der Waals surface area contributed by atoms with Gasteiger partial charge < -0.3 is 20.9 Å². The fraction of sp³-hybridized carbons (Fsp3) is 0.792. The van der Waals surface area contributed by atoms with Crippen molar-refractivity contribution in [2.75, 3.05) is 6.54 Å². The van der Waals surface area contributed by atoms with Crippen molar-refractivity contribution in [2.45, 2.75) is 94.1 Å². The van der Waals surface area contributed by atoms with Crippen LogP contribution in [0.4, 0.5) is 22.0 Å². The molecule has 0 aromatic heterocycles. The van der Waals surface area contributed by atoms with Gasteiger partial charge in [0.25, 0.3) is 5.92 Å². The van der Waals surface area contributed by atoms with Crippen molar-refractivity contribution in [3.8, 4) is 6.07 Å². The maximum absolute atomic E-state index is 14.9. The number of nitrogens with one attached hydrogen (secondary N) is 3. The van der Waals surface area contributed by atoms with Gasteiger partial charge >= 0.3 is 12.1 Å². The number of hydrogen-bond acceptors (Lipinski definition) is 5. The third-order valence-corrected chi connectivity index (χ3v) is 7.98. The van der Waals surface area contributed by atoms with Gasteiger partial charge in [-0.3, -0.25) is 19.2 Å². The van der Waals surface area contributed by atoms with Crippen LogP contribution in [0.25, 0.3) is 0 Å². The van der Waals surface area contributed by atoms with Gasteiger partial charge in [-0.15, -0.1) is 0 Å². The molecule has 2 saturated carbocycles. The first-order valence-corrected chi connectivity index (χ1v) is 12.9. The van der Waals surface area contributed by atoms with Crippen molar-refractivity contribution in [3.05, 3.63) is 0 Å². The van der Waals surface area contributed by atoms with Crippen LogP contribution in [0.5, 0.6) is 0 Å². The molecule has 3 N–H and O–H groups in total. The molecule has 3 heterocycles. The molecule has 14 heteroatoms. The summed E-state index contributed by atoms with van der Waals surface area (Å²) in [6.45, 7) is 0.489. The van der Waals surface area contributed by atoms with E-state index in [-0.39, 0.29) is 37.5 Å². The molecule has 0 unspecified atom stereocenters. The standard InChI is InChI=1S/C24H30F5N5O4/c25-23(26)10-15-5-6-16(23)18(20(36)32-14(11-30)9-13-2-1-7-31-19(13)35)34(15)21(37)17(8-12-3-4-12)33-22(38)24(27,28)29/h12-18H,1-10H2,(H,31,35)(H,32,36)(H,33,38)/t13-,14-,15-,16-,17-,18+/m0/s1. The molecule has 3 saturated heterocycles. The third kappa shape index (κ3) is 6.02. The Morgan fingerprint density at radius 3 is 2.39 bits per heavy atom. The number of alkyl halides is 5. The Bertz CT molecular complexity index is 1010. The number of fused-ring (bicyclic) bond motifs is 3. The molecule has 0 aromatic rings. The molecular formula is C24H30F5N5O4. The van der Waals surface area contributed by atoms with E-state index >= 15 is 0 Å². The highest BCUT2D eigenvalue weighted by Gasteiger charge is 2.61. The Labute approximate surface area is 215 Å². The minimum atomic E-state index is -5.25. The summed E-state index contributed by atoms with van der Waals surface area (Å²) in [5.41, 5.74) is 0. The zero-order valence-electron chi connectivity index (χ0n) is 20.5. The number of rotatable bonds is 8. The monoisotopic (exact) mass is 547 g/mol. The summed E-state index contributed by atoms with van der Waals surface area (Å²) < 4.78 is 68.8. The molecule has 38 heavy (non-hydrogen) atoms. The Morgan fingerprint density at radius 1 is 1.11 bits per heavy atom. The first-order valence-electron chi connectivity index (χ1n) is 12.9. The fourth-order valence-corrected chi connectivity index (χ4v) is 5.90. The topological polar surface area (TPSA) is 131 Å². The van der Waals surface area contributed by atoms with E-state index in [1.165, 1.54) is 0 Å². The molecule has 9 nitrogen and oxygen atoms in total. The third-order valence-electron chi connectivity index (χ3n) is 7.98. The van der Waals surface area contributed by atoms with Crippen LogP contribution < -0.4 is 16.0 Å². The van der Waals surface area contributed by atoms with E-state index in [2.05, 4.69) is 10.6 Å². The minimum Gasteiger partial charge on any atom is -0.356 e. The highest BCUT2D eigenvalue weighted by atomic mass is 19.4. The number of hydrogen-bond donors (Lipinski definition) is 3. The zero-order valence-corrected chi connectivity index (χ0v) is 20.5. The summed E-state index contributed by atoms with van der Waals surface area (Å²) in [7, 11) is 0. The zero-order chi connectivity index (χ0) is 27.8. The van der Waals surface area contributed by atoms with Crippen LogP contribution >= 0.6 is 0 Å². The molecule has 2 aliphatic carbocycles. The number of carbonyl (C=O) groups excluding carboxylic acids is 4. The lowest BCUT2D eigenvalue weighted by molar-refractivity contribution is -0.196. The number of nitriles is 1. The largest absolute Gasteiger partial charge is 0.471 e. The van der Waals surface area contributed by atoms with Gasteiger partial charge in [-0.1, -0.05) is 12.8 Å². The molecule has 0 aromatic carbocycles. The van der Waals surface area contributed by atoms with Gasteiger partial charge in [0.15, 0.2) is 0 Å². The van der Waals surface area contributed by atoms with E-state index < -0.39 is 72.2 Å². The van der Waals surface area contributed by atoms with Crippen LogP contribution in [0, 0.1) is 29.1 Å². The van der Waals surface area contributed by atoms with Crippen molar-refractivity contribution >= 4 is 23.6 Å². The second kappa shape index (κ2) is 10.6. The van der Waals surface area contributed by atoms with Gasteiger partial charge in [-0.2, -0.15) is 18.4 Å². The van der Waals surface area contributed by atoms with Crippen molar-refractivity contribution < 1.29 is 41.1 Å². The van der Waals surface area contributed by atoms with Crippen molar-refractivity contribution in [1.29, 1.82) is 5.26 Å². The molecule has 3 aliphatic heterocycles. The average Bonchev–Trinajstić information content (AvgIpc) is 3.66. The Morgan fingerprint density at radius 2 is 1.82 bits per heavy atom. The second-order valence-electron chi connectivity index (χ2n) is 10.8. The lowest BCUT2D eigenvalue weighted by atomic mass is 9.71. The number of carbonyl (C=O) groups is 4. The first kappa shape index (κ1) is 28.0. The van der Waals surface area contributed by atoms with E-state index in [9.17, 15) is 46.4 Å². The number of piperidine rings is 3. The van der Waals surface area contributed by atoms with Crippen molar-refractivity contribution in [2.24, 2.45) is 17.8 Å². The van der Waals surface area contributed by atoms with Crippen molar-refractivity contribution in [1.82, 2.24) is 20.9 Å². The van der Waals surface area contributed by atoms with E-state index in [0.29, 0.717) is 32.2 Å². The van der Waals surface area contributed by atoms with Gasteiger partial charge in [0.05, 0.1) is 12.0 Å². The quantitative estimate of drug-likeness (QED) is 0.399. The SMILES string of the molecule is N#C[C@H](C[C@@H]1CCCNC1=O)NC(=O)[C@H]1[C@@H]2CC[C@@H](CC2(F)F)N1C(=O)[C@H](CC1CC1)NC(=O)C(F)(F)F. The van der Waals surface area contributed by atoms with Crippen LogP contribution in [0.3, 0.4) is 0 Å². The van der Waals surface area contributed by atoms with Crippen LogP contribution in [-0.4, -0.2) is 71.3 Å². The average molecular weight is 548 g/mol. The van der Waals surface area contributed by atoms with Crippen molar-refractivity contribution in [3.63, 3.8) is 0 Å². The van der Waals surface area contributed by atoms with E-state index in [4.69, 9.17) is 0 Å². The predicted octanol–water partition coefficient (Wildman–Crippen LogP) is 1.77. The first-order chi connectivity index (χ1) is 17.8. The normalized spacial score (nSPS) is 30.0. The summed E-state index contributed by atoms with van der Waals surface area (Å²) in [6, 6.07) is -3.81. The lowest BCUT2D eigenvalue weighted by Gasteiger charge is -2.54. The van der Waals surface area contributed by atoms with Gasteiger partial charge in [0.2, 0.25) is 17.7 Å². The van der Waals surface area contributed by atoms with Crippen LogP contribution in [0.15, 0.2) is 0 Å². The fourth-order valence-electron chi connectivity index (χ4n) is 5.90. The van der Waals surface area contributed by atoms with Crippen LogP contribution in [0.1, 0.15) is 57.8 Å². The number of nitrogens with zero attached hydrogens (tertiary/aromatic N) is 2.